The molecule has 0 aromatic heterocycles. The van der Waals surface area contributed by atoms with Crippen LogP contribution < -0.4 is 5.73 Å². The maximum atomic E-state index is 10.7. The van der Waals surface area contributed by atoms with Crippen LogP contribution in [-0.4, -0.2) is 11.1 Å². The Balaban J connectivity index is 3.06. The Labute approximate surface area is 87.3 Å². The molecule has 0 amide bonds. The number of carbonyl (C=O) groups is 1. The number of benzene rings is 1. The average molecular weight is 202 g/mol. The number of carboxylic acids is 1. The monoisotopic (exact) mass is 202 g/mol. The Morgan fingerprint density at radius 3 is 2.93 bits per heavy atom. The second-order valence-electron chi connectivity index (χ2n) is 2.88. The fourth-order valence-electron chi connectivity index (χ4n) is 1.15. The molecule has 0 bridgehead atoms. The van der Waals surface area contributed by atoms with Crippen molar-refractivity contribution in [2.75, 3.05) is 5.73 Å². The molecule has 0 spiro atoms. The van der Waals surface area contributed by atoms with Gasteiger partial charge in [0, 0.05) is 0 Å². The number of nitrogens with two attached hydrogens (primary N) is 1. The van der Waals surface area contributed by atoms with Crippen molar-refractivity contribution in [2.24, 2.45) is 0 Å². The maximum Gasteiger partial charge on any atom is 0.337 e. The van der Waals surface area contributed by atoms with E-state index in [2.05, 4.69) is 0 Å². The molecular weight excluding hydrogens is 192 g/mol. The van der Waals surface area contributed by atoms with Crippen molar-refractivity contribution in [1.82, 2.24) is 0 Å². The fourth-order valence-corrected chi connectivity index (χ4v) is 1.15. The summed E-state index contributed by atoms with van der Waals surface area (Å²) in [4.78, 5) is 10.7. The zero-order valence-corrected chi connectivity index (χ0v) is 7.97. The molecule has 0 aliphatic carbocycles. The van der Waals surface area contributed by atoms with Crippen LogP contribution >= 0.6 is 0 Å². The highest BCUT2D eigenvalue weighted by atomic mass is 16.4. The van der Waals surface area contributed by atoms with Gasteiger partial charge in [-0.05, 0) is 11.6 Å². The van der Waals surface area contributed by atoms with Gasteiger partial charge in [-0.1, -0.05) is 24.3 Å². The molecule has 1 aromatic rings. The molecule has 4 nitrogen and oxygen atoms in total. The standard InChI is InChI=1S/C11H10N2O2/c12-7-2-1-4-8-5-3-6-9(10(8)13)11(14)15/h1,3-6H,2,13H2,(H,14,15). The lowest BCUT2D eigenvalue weighted by molar-refractivity contribution is 0.0698. The molecule has 0 radical (unpaired) electrons. The number of rotatable bonds is 3. The van der Waals surface area contributed by atoms with Gasteiger partial charge in [0.25, 0.3) is 0 Å². The van der Waals surface area contributed by atoms with E-state index >= 15 is 0 Å². The van der Waals surface area contributed by atoms with E-state index in [0.29, 0.717) is 5.56 Å². The first-order chi connectivity index (χ1) is 7.16. The van der Waals surface area contributed by atoms with Gasteiger partial charge in [0.2, 0.25) is 0 Å². The zero-order chi connectivity index (χ0) is 11.3. The summed E-state index contributed by atoms with van der Waals surface area (Å²) in [5.41, 5.74) is 6.57. The minimum atomic E-state index is -1.05. The predicted octanol–water partition coefficient (Wildman–Crippen LogP) is 1.89. The van der Waals surface area contributed by atoms with Crippen LogP contribution in [0.25, 0.3) is 6.08 Å². The number of nitriles is 1. The summed E-state index contributed by atoms with van der Waals surface area (Å²) in [6.07, 6.45) is 3.55. The van der Waals surface area contributed by atoms with Crippen LogP contribution in [0, 0.1) is 11.3 Å². The van der Waals surface area contributed by atoms with E-state index < -0.39 is 5.97 Å². The molecule has 76 valence electrons. The topological polar surface area (TPSA) is 87.1 Å². The van der Waals surface area contributed by atoms with Crippen molar-refractivity contribution < 1.29 is 9.90 Å². The Morgan fingerprint density at radius 2 is 2.33 bits per heavy atom. The van der Waals surface area contributed by atoms with Crippen LogP contribution in [0.1, 0.15) is 22.3 Å². The molecule has 4 heteroatoms. The number of nitrogen functional groups attached to an aromatic ring is 1. The zero-order valence-electron chi connectivity index (χ0n) is 7.97. The van der Waals surface area contributed by atoms with Crippen molar-refractivity contribution in [3.8, 4) is 6.07 Å². The van der Waals surface area contributed by atoms with Crippen molar-refractivity contribution in [3.63, 3.8) is 0 Å². The number of nitrogens with zero attached hydrogens (tertiary/aromatic N) is 1. The second kappa shape index (κ2) is 4.82. The molecule has 0 fully saturated rings. The van der Waals surface area contributed by atoms with Crippen molar-refractivity contribution in [1.29, 1.82) is 5.26 Å². The normalized spacial score (nSPS) is 10.1. The lowest BCUT2D eigenvalue weighted by Crippen LogP contribution is -2.03. The maximum absolute atomic E-state index is 10.7. The van der Waals surface area contributed by atoms with E-state index in [-0.39, 0.29) is 17.7 Å². The Kier molecular flexibility index (Phi) is 3.47. The van der Waals surface area contributed by atoms with Gasteiger partial charge >= 0.3 is 5.97 Å². The summed E-state index contributed by atoms with van der Waals surface area (Å²) in [5.74, 6) is -1.05. The van der Waals surface area contributed by atoms with Crippen LogP contribution in [0.2, 0.25) is 0 Å². The first kappa shape index (κ1) is 10.8. The lowest BCUT2D eigenvalue weighted by atomic mass is 10.1. The van der Waals surface area contributed by atoms with Gasteiger partial charge in [0.1, 0.15) is 0 Å². The van der Waals surface area contributed by atoms with Gasteiger partial charge in [0.15, 0.2) is 0 Å². The highest BCUT2D eigenvalue weighted by Crippen LogP contribution is 2.18. The van der Waals surface area contributed by atoms with Crippen molar-refractivity contribution in [2.45, 2.75) is 6.42 Å². The summed E-state index contributed by atoms with van der Waals surface area (Å²) in [6, 6.07) is 6.72. The highest BCUT2D eigenvalue weighted by molar-refractivity contribution is 5.95. The molecule has 15 heavy (non-hydrogen) atoms. The molecule has 1 aromatic carbocycles. The minimum Gasteiger partial charge on any atom is -0.478 e. The number of hydrogen-bond donors (Lipinski definition) is 2. The third-order valence-corrected chi connectivity index (χ3v) is 1.88. The van der Waals surface area contributed by atoms with Crippen molar-refractivity contribution in [3.05, 3.63) is 35.4 Å². The van der Waals surface area contributed by atoms with Crippen LogP contribution in [0.3, 0.4) is 0 Å². The lowest BCUT2D eigenvalue weighted by Gasteiger charge is -2.03. The van der Waals surface area contributed by atoms with Crippen LogP contribution in [0.15, 0.2) is 24.3 Å². The number of aromatic carboxylic acids is 1. The van der Waals surface area contributed by atoms with E-state index in [9.17, 15) is 4.79 Å². The summed E-state index contributed by atoms with van der Waals surface area (Å²) in [7, 11) is 0. The van der Waals surface area contributed by atoms with E-state index in [4.69, 9.17) is 16.1 Å². The third-order valence-electron chi connectivity index (χ3n) is 1.88. The van der Waals surface area contributed by atoms with Gasteiger partial charge in [-0.2, -0.15) is 5.26 Å². The third kappa shape index (κ3) is 2.58. The van der Waals surface area contributed by atoms with Gasteiger partial charge < -0.3 is 10.8 Å². The SMILES string of the molecule is N#CCC=Cc1cccc(C(=O)O)c1N. The molecular formula is C11H10N2O2. The number of para-hydroxylation sites is 1. The smallest absolute Gasteiger partial charge is 0.337 e. The molecule has 0 heterocycles. The van der Waals surface area contributed by atoms with Crippen LogP contribution in [0.4, 0.5) is 5.69 Å². The Hall–Kier alpha value is -2.28. The van der Waals surface area contributed by atoms with Crippen LogP contribution in [0.5, 0.6) is 0 Å². The Morgan fingerprint density at radius 1 is 1.60 bits per heavy atom. The summed E-state index contributed by atoms with van der Waals surface area (Å²) in [5, 5.41) is 17.1. The molecule has 0 saturated carbocycles. The summed E-state index contributed by atoms with van der Waals surface area (Å²) < 4.78 is 0. The summed E-state index contributed by atoms with van der Waals surface area (Å²) >= 11 is 0. The number of carboxylic acid groups (broad SMARTS) is 1. The number of allylic oxidation sites excluding steroid dienone is 1. The number of anilines is 1. The van der Waals surface area contributed by atoms with Crippen molar-refractivity contribution >= 4 is 17.7 Å². The Bertz CT molecular complexity index is 444. The minimum absolute atomic E-state index is 0.0779. The van der Waals surface area contributed by atoms with Gasteiger partial charge in [-0.3, -0.25) is 0 Å². The van der Waals surface area contributed by atoms with Gasteiger partial charge in [-0.15, -0.1) is 0 Å². The average Bonchev–Trinajstić information content (AvgIpc) is 2.20. The van der Waals surface area contributed by atoms with Gasteiger partial charge in [0.05, 0.1) is 23.7 Å². The first-order valence-corrected chi connectivity index (χ1v) is 4.32. The molecule has 0 unspecified atom stereocenters. The van der Waals surface area contributed by atoms with E-state index in [0.717, 1.165) is 0 Å². The van der Waals surface area contributed by atoms with Crippen LogP contribution in [-0.2, 0) is 0 Å². The quantitative estimate of drug-likeness (QED) is 0.732. The van der Waals surface area contributed by atoms with E-state index in [1.807, 2.05) is 6.07 Å². The highest BCUT2D eigenvalue weighted by Gasteiger charge is 2.08. The molecule has 0 aliphatic heterocycles. The predicted molar refractivity (Wildman–Crippen MR) is 57.1 cm³/mol. The first-order valence-electron chi connectivity index (χ1n) is 4.32. The van der Waals surface area contributed by atoms with E-state index in [1.54, 1.807) is 24.3 Å². The van der Waals surface area contributed by atoms with E-state index in [1.165, 1.54) is 6.07 Å². The fraction of sp³-hybridized carbons (Fsp3) is 0.0909. The largest absolute Gasteiger partial charge is 0.478 e. The summed E-state index contributed by atoms with van der Waals surface area (Å²) in [6.45, 7) is 0. The molecule has 3 N–H and O–H groups in total. The molecule has 1 rings (SSSR count). The molecule has 0 saturated heterocycles. The van der Waals surface area contributed by atoms with Gasteiger partial charge in [-0.25, -0.2) is 4.79 Å². The number of hydrogen-bond acceptors (Lipinski definition) is 3. The second-order valence-corrected chi connectivity index (χ2v) is 2.88. The molecule has 0 atom stereocenters. The molecule has 0 aliphatic rings.